The van der Waals surface area contributed by atoms with E-state index in [1.54, 1.807) is 0 Å². The highest BCUT2D eigenvalue weighted by atomic mass is 32.1. The summed E-state index contributed by atoms with van der Waals surface area (Å²) in [6.45, 7) is 0. The minimum absolute atomic E-state index is 0.402. The maximum absolute atomic E-state index is 5.42. The highest BCUT2D eigenvalue weighted by Crippen LogP contribution is 2.63. The molecule has 0 amide bonds. The second-order valence-electron chi connectivity index (χ2n) is 17.6. The fraction of sp³-hybridized carbons (Fsp3) is 0.0159. The second kappa shape index (κ2) is 14.4. The van der Waals surface area contributed by atoms with E-state index in [1.807, 2.05) is 11.3 Å². The maximum atomic E-state index is 5.42. The molecule has 0 saturated carbocycles. The molecule has 306 valence electrons. The smallest absolute Gasteiger partial charge is 0.160 e. The molecule has 66 heavy (non-hydrogen) atoms. The van der Waals surface area contributed by atoms with Gasteiger partial charge in [0, 0.05) is 36.9 Å². The number of benzene rings is 10. The number of fused-ring (bicyclic) bond motifs is 14. The molecule has 14 rings (SSSR count). The molecule has 0 radical (unpaired) electrons. The standard InChI is InChI=1S/C63H38N2S/c1-2-16-40(17-3-1)62-64-58(43-31-32-57-53(37-43)50-21-8-12-27-56(50)63(57)54-25-10-6-19-48(54)49-20-7-11-26-55(49)63)38-59(65-62)46-35-44(42-30-29-39-15-4-5-18-41(39)33-42)34-45(36-46)47-23-14-24-52-51-22-9-13-28-60(51)66-61(47)52/h1-38H. The van der Waals surface area contributed by atoms with Gasteiger partial charge in [0.25, 0.3) is 0 Å². The van der Waals surface area contributed by atoms with Gasteiger partial charge in [0.2, 0.25) is 0 Å². The minimum atomic E-state index is -0.402. The van der Waals surface area contributed by atoms with E-state index in [0.717, 1.165) is 39.2 Å². The largest absolute Gasteiger partial charge is 0.228 e. The van der Waals surface area contributed by atoms with Crippen LogP contribution in [0.15, 0.2) is 231 Å². The molecule has 12 aromatic rings. The summed E-state index contributed by atoms with van der Waals surface area (Å²) in [4.78, 5) is 10.8. The van der Waals surface area contributed by atoms with Gasteiger partial charge in [0.05, 0.1) is 16.8 Å². The molecule has 2 nitrogen and oxygen atoms in total. The Kier molecular flexibility index (Phi) is 8.10. The van der Waals surface area contributed by atoms with Gasteiger partial charge in [0.1, 0.15) is 0 Å². The summed E-state index contributed by atoms with van der Waals surface area (Å²) in [6.07, 6.45) is 0. The van der Waals surface area contributed by atoms with Crippen LogP contribution in [-0.4, -0.2) is 9.97 Å². The van der Waals surface area contributed by atoms with Crippen LogP contribution in [0.1, 0.15) is 22.3 Å². The van der Waals surface area contributed by atoms with Crippen LogP contribution in [0.4, 0.5) is 0 Å². The first-order valence-electron chi connectivity index (χ1n) is 22.6. The monoisotopic (exact) mass is 854 g/mol. The van der Waals surface area contributed by atoms with Gasteiger partial charge in [0.15, 0.2) is 5.82 Å². The minimum Gasteiger partial charge on any atom is -0.228 e. The van der Waals surface area contributed by atoms with Crippen LogP contribution in [0.3, 0.4) is 0 Å². The number of nitrogens with zero attached hydrogens (tertiary/aromatic N) is 2. The summed E-state index contributed by atoms with van der Waals surface area (Å²) in [5.74, 6) is 0.698. The van der Waals surface area contributed by atoms with Gasteiger partial charge in [-0.05, 0) is 120 Å². The topological polar surface area (TPSA) is 25.8 Å². The van der Waals surface area contributed by atoms with Crippen molar-refractivity contribution in [2.75, 3.05) is 0 Å². The molecule has 1 spiro atoms. The molecule has 3 heteroatoms. The Morgan fingerprint density at radius 1 is 0.303 bits per heavy atom. The Hall–Kier alpha value is -8.24. The average molecular weight is 855 g/mol. The summed E-state index contributed by atoms with van der Waals surface area (Å²) in [5, 5.41) is 5.02. The zero-order valence-corrected chi connectivity index (χ0v) is 36.6. The van der Waals surface area contributed by atoms with Gasteiger partial charge < -0.3 is 0 Å². The predicted molar refractivity (Wildman–Crippen MR) is 276 cm³/mol. The quantitative estimate of drug-likeness (QED) is 0.172. The lowest BCUT2D eigenvalue weighted by molar-refractivity contribution is 0.794. The van der Waals surface area contributed by atoms with Gasteiger partial charge in [-0.3, -0.25) is 0 Å². The van der Waals surface area contributed by atoms with Crippen molar-refractivity contribution in [3.63, 3.8) is 0 Å². The molecule has 0 aliphatic heterocycles. The summed E-state index contributed by atoms with van der Waals surface area (Å²) in [7, 11) is 0. The van der Waals surface area contributed by atoms with Crippen molar-refractivity contribution >= 4 is 42.3 Å². The molecular weight excluding hydrogens is 817 g/mol. The van der Waals surface area contributed by atoms with Gasteiger partial charge in [-0.2, -0.15) is 0 Å². The molecule has 0 N–H and O–H groups in total. The van der Waals surface area contributed by atoms with Crippen LogP contribution in [0.25, 0.3) is 109 Å². The lowest BCUT2D eigenvalue weighted by Crippen LogP contribution is -2.25. The summed E-state index contributed by atoms with van der Waals surface area (Å²) >= 11 is 1.87. The van der Waals surface area contributed by atoms with Crippen LogP contribution in [0.2, 0.25) is 0 Å². The third-order valence-electron chi connectivity index (χ3n) is 14.1. The molecule has 2 aliphatic carbocycles. The third-order valence-corrected chi connectivity index (χ3v) is 15.3. The van der Waals surface area contributed by atoms with Gasteiger partial charge >= 0.3 is 0 Å². The lowest BCUT2D eigenvalue weighted by Gasteiger charge is -2.30. The number of rotatable bonds is 5. The van der Waals surface area contributed by atoms with E-state index >= 15 is 0 Å². The van der Waals surface area contributed by atoms with Crippen LogP contribution >= 0.6 is 11.3 Å². The third kappa shape index (κ3) is 5.47. The molecule has 2 heterocycles. The van der Waals surface area contributed by atoms with E-state index < -0.39 is 5.41 Å². The van der Waals surface area contributed by atoms with E-state index in [4.69, 9.17) is 9.97 Å². The Labute approximate surface area is 386 Å². The molecule has 10 aromatic carbocycles. The average Bonchev–Trinajstić information content (AvgIpc) is 4.03. The summed E-state index contributed by atoms with van der Waals surface area (Å²) < 4.78 is 2.58. The van der Waals surface area contributed by atoms with E-state index in [-0.39, 0.29) is 0 Å². The molecule has 0 atom stereocenters. The van der Waals surface area contributed by atoms with E-state index in [2.05, 4.69) is 231 Å². The molecular formula is C63H38N2S. The van der Waals surface area contributed by atoms with Crippen molar-refractivity contribution in [2.24, 2.45) is 0 Å². The molecule has 0 fully saturated rings. The number of hydrogen-bond donors (Lipinski definition) is 0. The summed E-state index contributed by atoms with van der Waals surface area (Å²) in [6, 6.07) is 84.5. The Morgan fingerprint density at radius 3 is 1.64 bits per heavy atom. The van der Waals surface area contributed by atoms with Gasteiger partial charge in [-0.25, -0.2) is 9.97 Å². The van der Waals surface area contributed by atoms with E-state index in [1.165, 1.54) is 86.6 Å². The van der Waals surface area contributed by atoms with Crippen molar-refractivity contribution in [2.45, 2.75) is 5.41 Å². The first kappa shape index (κ1) is 37.2. The number of thiophene rings is 1. The highest BCUT2D eigenvalue weighted by molar-refractivity contribution is 7.26. The highest BCUT2D eigenvalue weighted by Gasteiger charge is 2.51. The van der Waals surface area contributed by atoms with Crippen molar-refractivity contribution in [1.82, 2.24) is 9.97 Å². The second-order valence-corrected chi connectivity index (χ2v) is 18.7. The first-order valence-corrected chi connectivity index (χ1v) is 23.4. The first-order chi connectivity index (χ1) is 32.7. The summed E-state index contributed by atoms with van der Waals surface area (Å²) in [5.41, 5.74) is 19.6. The predicted octanol–water partition coefficient (Wildman–Crippen LogP) is 16.7. The molecule has 0 bridgehead atoms. The van der Waals surface area contributed by atoms with Crippen molar-refractivity contribution in [3.8, 4) is 78.4 Å². The van der Waals surface area contributed by atoms with Crippen molar-refractivity contribution in [3.05, 3.63) is 253 Å². The lowest BCUT2D eigenvalue weighted by atomic mass is 9.70. The number of hydrogen-bond acceptors (Lipinski definition) is 3. The fourth-order valence-corrected chi connectivity index (χ4v) is 12.4. The van der Waals surface area contributed by atoms with Crippen molar-refractivity contribution in [1.29, 1.82) is 0 Å². The van der Waals surface area contributed by atoms with Crippen LogP contribution in [0, 0.1) is 0 Å². The van der Waals surface area contributed by atoms with Gasteiger partial charge in [-0.1, -0.05) is 188 Å². The fourth-order valence-electron chi connectivity index (χ4n) is 11.2. The number of aromatic nitrogens is 2. The van der Waals surface area contributed by atoms with E-state index in [9.17, 15) is 0 Å². The zero-order chi connectivity index (χ0) is 43.3. The normalized spacial score (nSPS) is 13.0. The zero-order valence-electron chi connectivity index (χ0n) is 35.7. The Bertz CT molecular complexity index is 3910. The molecule has 0 saturated heterocycles. The molecule has 0 unspecified atom stereocenters. The van der Waals surface area contributed by atoms with Crippen LogP contribution in [0.5, 0.6) is 0 Å². The van der Waals surface area contributed by atoms with Gasteiger partial charge in [-0.15, -0.1) is 11.3 Å². The van der Waals surface area contributed by atoms with E-state index in [0.29, 0.717) is 5.82 Å². The van der Waals surface area contributed by atoms with Crippen LogP contribution in [-0.2, 0) is 5.41 Å². The Balaban J connectivity index is 0.993. The molecule has 2 aliphatic rings. The van der Waals surface area contributed by atoms with Crippen LogP contribution < -0.4 is 0 Å². The SMILES string of the molecule is c1ccc(-c2nc(-c3cc(-c4ccc5ccccc5c4)cc(-c4cccc5c4sc4ccccc45)c3)cc(-c3ccc4c(c3)-c3ccccc3C43c4ccccc4-c4ccccc43)n2)cc1. The van der Waals surface area contributed by atoms with Crippen molar-refractivity contribution < 1.29 is 0 Å². The molecule has 2 aromatic heterocycles. The Morgan fingerprint density at radius 2 is 0.864 bits per heavy atom. The maximum Gasteiger partial charge on any atom is 0.160 e.